The van der Waals surface area contributed by atoms with Gasteiger partial charge in [-0.15, -0.1) is 0 Å². The molecule has 0 unspecified atom stereocenters. The lowest BCUT2D eigenvalue weighted by atomic mass is 10.1. The molecule has 1 aromatic carbocycles. The first-order valence-corrected chi connectivity index (χ1v) is 5.96. The fourth-order valence-electron chi connectivity index (χ4n) is 1.94. The maximum atomic E-state index is 12.3. The number of carbonyl (C=O) groups excluding carboxylic acids is 1. The lowest BCUT2D eigenvalue weighted by Gasteiger charge is -2.17. The molecular formula is C13H17NO5. The van der Waals surface area contributed by atoms with Gasteiger partial charge < -0.3 is 14.2 Å². The van der Waals surface area contributed by atoms with Crippen molar-refractivity contribution >= 4 is 5.91 Å². The fourth-order valence-corrected chi connectivity index (χ4v) is 1.94. The third-order valence-electron chi connectivity index (χ3n) is 2.92. The molecule has 0 bridgehead atoms. The molecule has 1 fully saturated rings. The summed E-state index contributed by atoms with van der Waals surface area (Å²) in [6.45, 7) is 1.14. The zero-order valence-electron chi connectivity index (χ0n) is 11.3. The van der Waals surface area contributed by atoms with Gasteiger partial charge in [0, 0.05) is 12.1 Å². The highest BCUT2D eigenvalue weighted by Gasteiger charge is 2.25. The highest BCUT2D eigenvalue weighted by Crippen LogP contribution is 2.35. The van der Waals surface area contributed by atoms with Crippen molar-refractivity contribution in [3.05, 3.63) is 17.7 Å². The van der Waals surface area contributed by atoms with E-state index in [0.717, 1.165) is 6.42 Å². The monoisotopic (exact) mass is 267 g/mol. The van der Waals surface area contributed by atoms with Crippen molar-refractivity contribution in [1.82, 2.24) is 5.06 Å². The van der Waals surface area contributed by atoms with E-state index in [4.69, 9.17) is 19.0 Å². The van der Waals surface area contributed by atoms with Gasteiger partial charge in [0.2, 0.25) is 0 Å². The van der Waals surface area contributed by atoms with E-state index in [-0.39, 0.29) is 5.91 Å². The summed E-state index contributed by atoms with van der Waals surface area (Å²) < 4.78 is 15.6. The Morgan fingerprint density at radius 3 is 2.26 bits per heavy atom. The third-order valence-corrected chi connectivity index (χ3v) is 2.92. The van der Waals surface area contributed by atoms with Crippen LogP contribution in [0.5, 0.6) is 17.2 Å². The molecule has 104 valence electrons. The second-order valence-electron chi connectivity index (χ2n) is 4.00. The Kier molecular flexibility index (Phi) is 4.11. The van der Waals surface area contributed by atoms with E-state index in [1.807, 2.05) is 0 Å². The molecule has 0 spiro atoms. The van der Waals surface area contributed by atoms with Crippen LogP contribution >= 0.6 is 0 Å². The number of hydroxylamine groups is 2. The highest BCUT2D eigenvalue weighted by molar-refractivity contribution is 5.97. The fraction of sp³-hybridized carbons (Fsp3) is 0.462. The summed E-state index contributed by atoms with van der Waals surface area (Å²) in [5.41, 5.74) is 0.391. The van der Waals surface area contributed by atoms with Crippen LogP contribution < -0.4 is 14.2 Å². The summed E-state index contributed by atoms with van der Waals surface area (Å²) in [5.74, 6) is 1.18. The van der Waals surface area contributed by atoms with Crippen molar-refractivity contribution in [2.45, 2.75) is 6.42 Å². The number of hydrogen-bond donors (Lipinski definition) is 0. The Morgan fingerprint density at radius 2 is 1.74 bits per heavy atom. The van der Waals surface area contributed by atoms with Gasteiger partial charge in [0.25, 0.3) is 5.91 Å². The molecule has 1 aliphatic heterocycles. The van der Waals surface area contributed by atoms with E-state index in [0.29, 0.717) is 36.0 Å². The standard InChI is InChI=1S/C13H17NO5/c1-16-10-8-12(18-3)11(17-2)7-9(10)13(15)14-5-4-6-19-14/h7-8H,4-6H2,1-3H3. The molecule has 1 aromatic rings. The minimum Gasteiger partial charge on any atom is -0.496 e. The molecule has 1 aliphatic rings. The number of amides is 1. The molecule has 2 rings (SSSR count). The van der Waals surface area contributed by atoms with Crippen molar-refractivity contribution in [1.29, 1.82) is 0 Å². The molecule has 0 radical (unpaired) electrons. The van der Waals surface area contributed by atoms with Crippen LogP contribution in [0.3, 0.4) is 0 Å². The number of hydrogen-bond acceptors (Lipinski definition) is 5. The summed E-state index contributed by atoms with van der Waals surface area (Å²) in [7, 11) is 4.55. The molecule has 0 N–H and O–H groups in total. The zero-order chi connectivity index (χ0) is 13.8. The zero-order valence-corrected chi connectivity index (χ0v) is 11.3. The molecule has 0 aromatic heterocycles. The Balaban J connectivity index is 2.39. The van der Waals surface area contributed by atoms with Gasteiger partial charge >= 0.3 is 0 Å². The molecule has 1 saturated heterocycles. The quantitative estimate of drug-likeness (QED) is 0.827. The van der Waals surface area contributed by atoms with Crippen LogP contribution in [-0.2, 0) is 4.84 Å². The Hall–Kier alpha value is -1.95. The second kappa shape index (κ2) is 5.79. The van der Waals surface area contributed by atoms with Crippen LogP contribution in [-0.4, -0.2) is 45.5 Å². The van der Waals surface area contributed by atoms with Crippen molar-refractivity contribution in [2.24, 2.45) is 0 Å². The first-order chi connectivity index (χ1) is 9.21. The van der Waals surface area contributed by atoms with Gasteiger partial charge in [-0.1, -0.05) is 0 Å². The maximum absolute atomic E-state index is 12.3. The van der Waals surface area contributed by atoms with Crippen LogP contribution in [0.4, 0.5) is 0 Å². The van der Waals surface area contributed by atoms with Crippen LogP contribution in [0.1, 0.15) is 16.8 Å². The van der Waals surface area contributed by atoms with Crippen molar-refractivity contribution in [3.63, 3.8) is 0 Å². The van der Waals surface area contributed by atoms with Gasteiger partial charge in [0.15, 0.2) is 11.5 Å². The van der Waals surface area contributed by atoms with Crippen molar-refractivity contribution in [3.8, 4) is 17.2 Å². The third kappa shape index (κ3) is 2.58. The minimum absolute atomic E-state index is 0.240. The second-order valence-corrected chi connectivity index (χ2v) is 4.00. The molecule has 0 saturated carbocycles. The normalized spacial score (nSPS) is 14.4. The summed E-state index contributed by atoms with van der Waals surface area (Å²) >= 11 is 0. The van der Waals surface area contributed by atoms with Gasteiger partial charge in [-0.2, -0.15) is 0 Å². The van der Waals surface area contributed by atoms with E-state index in [1.54, 1.807) is 12.1 Å². The summed E-state index contributed by atoms with van der Waals surface area (Å²) in [4.78, 5) is 17.6. The largest absolute Gasteiger partial charge is 0.496 e. The number of benzene rings is 1. The molecule has 0 aliphatic carbocycles. The number of ether oxygens (including phenoxy) is 3. The average Bonchev–Trinajstić information content (AvgIpc) is 2.99. The average molecular weight is 267 g/mol. The number of methoxy groups -OCH3 is 3. The summed E-state index contributed by atoms with van der Waals surface area (Å²) in [5, 5.41) is 1.34. The number of rotatable bonds is 4. The molecule has 19 heavy (non-hydrogen) atoms. The van der Waals surface area contributed by atoms with E-state index in [9.17, 15) is 4.79 Å². The summed E-state index contributed by atoms with van der Waals surface area (Å²) in [6, 6.07) is 3.23. The Bertz CT molecular complexity index is 468. The van der Waals surface area contributed by atoms with Crippen molar-refractivity contribution in [2.75, 3.05) is 34.5 Å². The first kappa shape index (κ1) is 13.5. The van der Waals surface area contributed by atoms with E-state index < -0.39 is 0 Å². The van der Waals surface area contributed by atoms with Gasteiger partial charge in [-0.3, -0.25) is 9.63 Å². The van der Waals surface area contributed by atoms with E-state index in [2.05, 4.69) is 0 Å². The van der Waals surface area contributed by atoms with Crippen molar-refractivity contribution < 1.29 is 23.8 Å². The first-order valence-electron chi connectivity index (χ1n) is 5.96. The number of carbonyl (C=O) groups is 1. The minimum atomic E-state index is -0.240. The molecule has 1 heterocycles. The van der Waals surface area contributed by atoms with Crippen LogP contribution in [0.25, 0.3) is 0 Å². The predicted octanol–water partition coefficient (Wildman–Crippen LogP) is 1.49. The van der Waals surface area contributed by atoms with Gasteiger partial charge in [0.05, 0.1) is 40.0 Å². The van der Waals surface area contributed by atoms with E-state index >= 15 is 0 Å². The molecule has 6 nitrogen and oxygen atoms in total. The number of nitrogens with zero attached hydrogens (tertiary/aromatic N) is 1. The lowest BCUT2D eigenvalue weighted by molar-refractivity contribution is -0.0769. The smallest absolute Gasteiger partial charge is 0.281 e. The molecular weight excluding hydrogens is 250 g/mol. The summed E-state index contributed by atoms with van der Waals surface area (Å²) in [6.07, 6.45) is 0.835. The lowest BCUT2D eigenvalue weighted by Crippen LogP contribution is -2.27. The van der Waals surface area contributed by atoms with Gasteiger partial charge in [-0.05, 0) is 6.42 Å². The highest BCUT2D eigenvalue weighted by atomic mass is 16.7. The van der Waals surface area contributed by atoms with E-state index in [1.165, 1.54) is 26.4 Å². The van der Waals surface area contributed by atoms with Crippen LogP contribution in [0, 0.1) is 0 Å². The molecule has 1 amide bonds. The van der Waals surface area contributed by atoms with Crippen LogP contribution in [0.15, 0.2) is 12.1 Å². The maximum Gasteiger partial charge on any atom is 0.281 e. The predicted molar refractivity (Wildman–Crippen MR) is 67.7 cm³/mol. The molecule has 6 heteroatoms. The SMILES string of the molecule is COc1cc(OC)c(C(=O)N2CCCO2)cc1OC. The Morgan fingerprint density at radius 1 is 1.11 bits per heavy atom. The van der Waals surface area contributed by atoms with Gasteiger partial charge in [-0.25, -0.2) is 5.06 Å². The van der Waals surface area contributed by atoms with Gasteiger partial charge in [0.1, 0.15) is 5.75 Å². The molecule has 0 atom stereocenters. The Labute approximate surface area is 111 Å². The van der Waals surface area contributed by atoms with Crippen LogP contribution in [0.2, 0.25) is 0 Å². The topological polar surface area (TPSA) is 57.2 Å².